The van der Waals surface area contributed by atoms with Gasteiger partial charge in [-0.25, -0.2) is 0 Å². The second-order valence-electron chi connectivity index (χ2n) is 4.45. The van der Waals surface area contributed by atoms with Crippen molar-refractivity contribution in [3.8, 4) is 0 Å². The summed E-state index contributed by atoms with van der Waals surface area (Å²) in [7, 11) is 2.05. The quantitative estimate of drug-likeness (QED) is 0.794. The highest BCUT2D eigenvalue weighted by Crippen LogP contribution is 2.24. The summed E-state index contributed by atoms with van der Waals surface area (Å²) in [5.74, 6) is 0.584. The highest BCUT2D eigenvalue weighted by Gasteiger charge is 2.16. The van der Waals surface area contributed by atoms with Gasteiger partial charge in [0.15, 0.2) is 0 Å². The Labute approximate surface area is 93.9 Å². The van der Waals surface area contributed by atoms with Gasteiger partial charge in [0.2, 0.25) is 0 Å². The molecule has 0 saturated heterocycles. The van der Waals surface area contributed by atoms with Crippen LogP contribution in [0.4, 0.5) is 0 Å². The van der Waals surface area contributed by atoms with Gasteiger partial charge in [0.25, 0.3) is 0 Å². The third-order valence-corrected chi connectivity index (χ3v) is 3.33. The van der Waals surface area contributed by atoms with Crippen LogP contribution in [0.2, 0.25) is 0 Å². The molecule has 1 rings (SSSR count). The van der Waals surface area contributed by atoms with Gasteiger partial charge >= 0.3 is 0 Å². The molecule has 1 heteroatoms. The normalized spacial score (nSPS) is 15.0. The van der Waals surface area contributed by atoms with Crippen LogP contribution in [0.3, 0.4) is 0 Å². The van der Waals surface area contributed by atoms with E-state index in [2.05, 4.69) is 51.2 Å². The second-order valence-corrected chi connectivity index (χ2v) is 4.45. The summed E-state index contributed by atoms with van der Waals surface area (Å²) in [6.07, 6.45) is 1.17. The third kappa shape index (κ3) is 2.82. The molecular weight excluding hydrogens is 182 g/mol. The highest BCUT2D eigenvalue weighted by molar-refractivity contribution is 5.33. The third-order valence-electron chi connectivity index (χ3n) is 3.33. The lowest BCUT2D eigenvalue weighted by atomic mass is 9.88. The molecule has 0 spiro atoms. The van der Waals surface area contributed by atoms with Gasteiger partial charge in [-0.05, 0) is 44.4 Å². The summed E-state index contributed by atoms with van der Waals surface area (Å²) < 4.78 is 0. The van der Waals surface area contributed by atoms with E-state index in [1.54, 1.807) is 0 Å². The fourth-order valence-corrected chi connectivity index (χ4v) is 2.36. The minimum atomic E-state index is 0.575. The van der Waals surface area contributed by atoms with Crippen LogP contribution in [0.25, 0.3) is 0 Å². The monoisotopic (exact) mass is 205 g/mol. The molecule has 2 atom stereocenters. The van der Waals surface area contributed by atoms with Crippen LogP contribution >= 0.6 is 0 Å². The summed E-state index contributed by atoms with van der Waals surface area (Å²) in [4.78, 5) is 0. The summed E-state index contributed by atoms with van der Waals surface area (Å²) in [6.45, 7) is 8.90. The van der Waals surface area contributed by atoms with E-state index in [0.29, 0.717) is 12.0 Å². The Kier molecular flexibility index (Phi) is 4.34. The molecule has 0 saturated carbocycles. The van der Waals surface area contributed by atoms with Crippen molar-refractivity contribution >= 4 is 0 Å². The van der Waals surface area contributed by atoms with Crippen LogP contribution in [0.1, 0.15) is 42.9 Å². The molecule has 84 valence electrons. The SMILES string of the molecule is CCC(NC)C(C)c1ccc(C)cc1C. The van der Waals surface area contributed by atoms with Crippen molar-refractivity contribution in [3.63, 3.8) is 0 Å². The Morgan fingerprint density at radius 2 is 1.93 bits per heavy atom. The van der Waals surface area contributed by atoms with Crippen molar-refractivity contribution in [2.24, 2.45) is 0 Å². The van der Waals surface area contributed by atoms with Gasteiger partial charge in [0.1, 0.15) is 0 Å². The van der Waals surface area contributed by atoms with Gasteiger partial charge in [0, 0.05) is 6.04 Å². The van der Waals surface area contributed by atoms with Gasteiger partial charge in [-0.3, -0.25) is 0 Å². The van der Waals surface area contributed by atoms with Gasteiger partial charge in [-0.1, -0.05) is 37.6 Å². The molecule has 1 aromatic rings. The van der Waals surface area contributed by atoms with Gasteiger partial charge in [0.05, 0.1) is 0 Å². The molecule has 0 radical (unpaired) electrons. The number of rotatable bonds is 4. The van der Waals surface area contributed by atoms with Gasteiger partial charge < -0.3 is 5.32 Å². The summed E-state index contributed by atoms with van der Waals surface area (Å²) >= 11 is 0. The number of likely N-dealkylation sites (N-methyl/N-ethyl adjacent to an activating group) is 1. The van der Waals surface area contributed by atoms with Crippen molar-refractivity contribution in [2.45, 2.75) is 46.1 Å². The molecule has 2 unspecified atom stereocenters. The van der Waals surface area contributed by atoms with E-state index >= 15 is 0 Å². The zero-order chi connectivity index (χ0) is 11.4. The molecule has 1 aromatic carbocycles. The van der Waals surface area contributed by atoms with Crippen LogP contribution in [0.15, 0.2) is 18.2 Å². The minimum absolute atomic E-state index is 0.575. The highest BCUT2D eigenvalue weighted by atomic mass is 14.9. The van der Waals surface area contributed by atoms with Crippen LogP contribution < -0.4 is 5.32 Å². The molecule has 0 aliphatic rings. The first-order valence-electron chi connectivity index (χ1n) is 5.84. The molecule has 0 bridgehead atoms. The number of benzene rings is 1. The lowest BCUT2D eigenvalue weighted by Crippen LogP contribution is -2.30. The molecule has 0 aromatic heterocycles. The smallest absolute Gasteiger partial charge is 0.0128 e. The van der Waals surface area contributed by atoms with E-state index in [4.69, 9.17) is 0 Å². The maximum Gasteiger partial charge on any atom is 0.0128 e. The largest absolute Gasteiger partial charge is 0.316 e. The van der Waals surface area contributed by atoms with E-state index in [1.165, 1.54) is 23.1 Å². The predicted molar refractivity (Wildman–Crippen MR) is 67.5 cm³/mol. The Hall–Kier alpha value is -0.820. The van der Waals surface area contributed by atoms with Crippen LogP contribution in [0.5, 0.6) is 0 Å². The zero-order valence-electron chi connectivity index (χ0n) is 10.6. The van der Waals surface area contributed by atoms with E-state index < -0.39 is 0 Å². The first-order valence-corrected chi connectivity index (χ1v) is 5.84. The summed E-state index contributed by atoms with van der Waals surface area (Å²) in [6, 6.07) is 7.33. The van der Waals surface area contributed by atoms with E-state index in [0.717, 1.165) is 0 Å². The summed E-state index contributed by atoms with van der Waals surface area (Å²) in [5.41, 5.74) is 4.24. The number of nitrogens with one attached hydrogen (secondary N) is 1. The standard InChI is InChI=1S/C14H23N/c1-6-14(15-5)12(4)13-8-7-10(2)9-11(13)3/h7-9,12,14-15H,6H2,1-5H3. The van der Waals surface area contributed by atoms with Crippen LogP contribution in [-0.2, 0) is 0 Å². The minimum Gasteiger partial charge on any atom is -0.316 e. The number of hydrogen-bond donors (Lipinski definition) is 1. The summed E-state index contributed by atoms with van der Waals surface area (Å²) in [5, 5.41) is 3.39. The topological polar surface area (TPSA) is 12.0 Å². The fraction of sp³-hybridized carbons (Fsp3) is 0.571. The average Bonchev–Trinajstić information content (AvgIpc) is 2.19. The molecule has 0 fully saturated rings. The molecular formula is C14H23N. The Morgan fingerprint density at radius 1 is 1.27 bits per heavy atom. The maximum absolute atomic E-state index is 3.39. The first kappa shape index (κ1) is 12.3. The molecule has 1 N–H and O–H groups in total. The van der Waals surface area contributed by atoms with Crippen molar-refractivity contribution < 1.29 is 0 Å². The van der Waals surface area contributed by atoms with Crippen molar-refractivity contribution in [3.05, 3.63) is 34.9 Å². The first-order chi connectivity index (χ1) is 7.10. The van der Waals surface area contributed by atoms with Gasteiger partial charge in [-0.2, -0.15) is 0 Å². The van der Waals surface area contributed by atoms with E-state index in [1.807, 2.05) is 7.05 Å². The second kappa shape index (κ2) is 5.32. The van der Waals surface area contributed by atoms with Gasteiger partial charge in [-0.15, -0.1) is 0 Å². The molecule has 1 nitrogen and oxygen atoms in total. The van der Waals surface area contributed by atoms with E-state index in [9.17, 15) is 0 Å². The lowest BCUT2D eigenvalue weighted by Gasteiger charge is -2.24. The lowest BCUT2D eigenvalue weighted by molar-refractivity contribution is 0.471. The van der Waals surface area contributed by atoms with Crippen molar-refractivity contribution in [2.75, 3.05) is 7.05 Å². The molecule has 0 aliphatic heterocycles. The van der Waals surface area contributed by atoms with Crippen molar-refractivity contribution in [1.29, 1.82) is 0 Å². The molecule has 0 heterocycles. The average molecular weight is 205 g/mol. The molecule has 15 heavy (non-hydrogen) atoms. The van der Waals surface area contributed by atoms with Crippen molar-refractivity contribution in [1.82, 2.24) is 5.32 Å². The Balaban J connectivity index is 2.94. The Bertz CT molecular complexity index is 313. The van der Waals surface area contributed by atoms with Crippen LogP contribution in [0, 0.1) is 13.8 Å². The fourth-order valence-electron chi connectivity index (χ4n) is 2.36. The number of aryl methyl sites for hydroxylation is 2. The number of hydrogen-bond acceptors (Lipinski definition) is 1. The maximum atomic E-state index is 3.39. The Morgan fingerprint density at radius 3 is 2.40 bits per heavy atom. The zero-order valence-corrected chi connectivity index (χ0v) is 10.6. The van der Waals surface area contributed by atoms with E-state index in [-0.39, 0.29) is 0 Å². The molecule has 0 amide bonds. The van der Waals surface area contributed by atoms with Crippen LogP contribution in [-0.4, -0.2) is 13.1 Å². The predicted octanol–water partition coefficient (Wildman–Crippen LogP) is 3.40. The molecule has 0 aliphatic carbocycles.